The van der Waals surface area contributed by atoms with E-state index in [1.807, 2.05) is 6.92 Å². The number of rotatable bonds is 5. The molecule has 0 aliphatic heterocycles. The lowest BCUT2D eigenvalue weighted by molar-refractivity contribution is -0.118. The Bertz CT molecular complexity index is 341. The molecule has 1 rings (SSSR count). The monoisotopic (exact) mass is 211 g/mol. The van der Waals surface area contributed by atoms with Crippen molar-refractivity contribution in [1.29, 1.82) is 0 Å². The lowest BCUT2D eigenvalue weighted by Crippen LogP contribution is -2.20. The highest BCUT2D eigenvalue weighted by atomic mass is 19.1. The molecule has 0 fully saturated rings. The summed E-state index contributed by atoms with van der Waals surface area (Å²) in [6.45, 7) is 2.90. The van der Waals surface area contributed by atoms with Crippen LogP contribution in [0.15, 0.2) is 18.2 Å². The number of carbonyl (C=O) groups is 1. The molecule has 0 heterocycles. The highest BCUT2D eigenvalue weighted by Crippen LogP contribution is 2.18. The van der Waals surface area contributed by atoms with E-state index in [1.54, 1.807) is 17.0 Å². The van der Waals surface area contributed by atoms with Gasteiger partial charge >= 0.3 is 0 Å². The molecule has 82 valence electrons. The predicted molar refractivity (Wildman–Crippen MR) is 55.1 cm³/mol. The molecule has 0 aliphatic rings. The van der Waals surface area contributed by atoms with Crippen molar-refractivity contribution in [1.82, 2.24) is 4.90 Å². The molecule has 0 unspecified atom stereocenters. The summed E-state index contributed by atoms with van der Waals surface area (Å²) in [7, 11) is 1.42. The third-order valence-electron chi connectivity index (χ3n) is 2.16. The van der Waals surface area contributed by atoms with Gasteiger partial charge in [-0.05, 0) is 24.6 Å². The minimum absolute atomic E-state index is 0.216. The van der Waals surface area contributed by atoms with Crippen LogP contribution in [0, 0.1) is 5.82 Å². The molecule has 0 radical (unpaired) electrons. The normalized spacial score (nSPS) is 9.80. The third-order valence-corrected chi connectivity index (χ3v) is 2.16. The quantitative estimate of drug-likeness (QED) is 0.695. The fraction of sp³-hybridized carbons (Fsp3) is 0.364. The zero-order valence-corrected chi connectivity index (χ0v) is 8.87. The fourth-order valence-corrected chi connectivity index (χ4v) is 1.27. The Morgan fingerprint density at radius 1 is 1.53 bits per heavy atom. The summed E-state index contributed by atoms with van der Waals surface area (Å²) in [5.41, 5.74) is 0.752. The highest BCUT2D eigenvalue weighted by molar-refractivity contribution is 5.47. The Hall–Kier alpha value is -1.58. The summed E-state index contributed by atoms with van der Waals surface area (Å²) in [5.74, 6) is -0.190. The molecule has 0 N–H and O–H groups in total. The van der Waals surface area contributed by atoms with Crippen molar-refractivity contribution in [2.75, 3.05) is 13.7 Å². The lowest BCUT2D eigenvalue weighted by Gasteiger charge is -2.14. The topological polar surface area (TPSA) is 29.5 Å². The van der Waals surface area contributed by atoms with E-state index in [9.17, 15) is 9.18 Å². The smallest absolute Gasteiger partial charge is 0.209 e. The second-order valence-corrected chi connectivity index (χ2v) is 3.14. The molecule has 1 aromatic rings. The molecular formula is C11H14FNO2. The van der Waals surface area contributed by atoms with Gasteiger partial charge in [-0.1, -0.05) is 6.07 Å². The third kappa shape index (κ3) is 2.94. The van der Waals surface area contributed by atoms with Gasteiger partial charge in [0.2, 0.25) is 6.41 Å². The van der Waals surface area contributed by atoms with E-state index in [4.69, 9.17) is 4.74 Å². The van der Waals surface area contributed by atoms with Gasteiger partial charge in [-0.25, -0.2) is 4.39 Å². The largest absolute Gasteiger partial charge is 0.494 e. The molecule has 1 amide bonds. The first-order valence-corrected chi connectivity index (χ1v) is 4.73. The number of hydrogen-bond acceptors (Lipinski definition) is 2. The molecule has 0 atom stereocenters. The maximum absolute atomic E-state index is 13.3. The number of benzene rings is 1. The van der Waals surface area contributed by atoms with Crippen molar-refractivity contribution >= 4 is 6.41 Å². The van der Waals surface area contributed by atoms with Crippen LogP contribution in [0.2, 0.25) is 0 Å². The molecular weight excluding hydrogens is 197 g/mol. The Morgan fingerprint density at radius 3 is 2.73 bits per heavy atom. The van der Waals surface area contributed by atoms with E-state index in [-0.39, 0.29) is 5.75 Å². The minimum Gasteiger partial charge on any atom is -0.494 e. The summed E-state index contributed by atoms with van der Waals surface area (Å²) in [5, 5.41) is 0. The Kier molecular flexibility index (Phi) is 4.09. The number of ether oxygens (including phenoxy) is 1. The number of amides is 1. The van der Waals surface area contributed by atoms with Crippen LogP contribution in [-0.4, -0.2) is 25.0 Å². The first-order valence-electron chi connectivity index (χ1n) is 4.73. The van der Waals surface area contributed by atoms with Crippen LogP contribution < -0.4 is 4.74 Å². The Labute approximate surface area is 88.5 Å². The van der Waals surface area contributed by atoms with E-state index in [1.165, 1.54) is 13.2 Å². The van der Waals surface area contributed by atoms with Crippen molar-refractivity contribution < 1.29 is 13.9 Å². The predicted octanol–water partition coefficient (Wildman–Crippen LogP) is 1.81. The summed E-state index contributed by atoms with van der Waals surface area (Å²) in [4.78, 5) is 12.1. The first kappa shape index (κ1) is 11.5. The van der Waals surface area contributed by atoms with Gasteiger partial charge in [0, 0.05) is 13.1 Å². The summed E-state index contributed by atoms with van der Waals surface area (Å²) >= 11 is 0. The molecule has 0 saturated heterocycles. The van der Waals surface area contributed by atoms with E-state index < -0.39 is 5.82 Å². The number of nitrogens with zero attached hydrogens (tertiary/aromatic N) is 1. The van der Waals surface area contributed by atoms with Gasteiger partial charge in [0.05, 0.1) is 7.11 Å². The van der Waals surface area contributed by atoms with Crippen LogP contribution in [0.4, 0.5) is 4.39 Å². The second kappa shape index (κ2) is 5.34. The van der Waals surface area contributed by atoms with Crippen molar-refractivity contribution in [2.24, 2.45) is 0 Å². The maximum atomic E-state index is 13.3. The molecule has 4 heteroatoms. The molecule has 0 spiro atoms. The average molecular weight is 211 g/mol. The van der Waals surface area contributed by atoms with Gasteiger partial charge in [0.1, 0.15) is 0 Å². The highest BCUT2D eigenvalue weighted by Gasteiger charge is 2.05. The zero-order chi connectivity index (χ0) is 11.3. The van der Waals surface area contributed by atoms with Gasteiger partial charge in [-0.15, -0.1) is 0 Å². The Balaban J connectivity index is 2.78. The van der Waals surface area contributed by atoms with Crippen LogP contribution >= 0.6 is 0 Å². The van der Waals surface area contributed by atoms with Crippen molar-refractivity contribution in [3.63, 3.8) is 0 Å². The lowest BCUT2D eigenvalue weighted by atomic mass is 10.2. The summed E-state index contributed by atoms with van der Waals surface area (Å²) in [6, 6.07) is 4.68. The van der Waals surface area contributed by atoms with Crippen molar-refractivity contribution in [2.45, 2.75) is 13.5 Å². The molecule has 3 nitrogen and oxygen atoms in total. The van der Waals surface area contributed by atoms with Gasteiger partial charge < -0.3 is 9.64 Å². The molecule has 15 heavy (non-hydrogen) atoms. The van der Waals surface area contributed by atoms with E-state index in [2.05, 4.69) is 0 Å². The zero-order valence-electron chi connectivity index (χ0n) is 8.87. The first-order chi connectivity index (χ1) is 7.21. The summed E-state index contributed by atoms with van der Waals surface area (Å²) < 4.78 is 18.1. The average Bonchev–Trinajstić information content (AvgIpc) is 2.26. The van der Waals surface area contributed by atoms with E-state index >= 15 is 0 Å². The van der Waals surface area contributed by atoms with E-state index in [0.717, 1.165) is 12.0 Å². The number of hydrogen-bond donors (Lipinski definition) is 0. The molecule has 0 saturated carbocycles. The number of methoxy groups -OCH3 is 1. The number of carbonyl (C=O) groups excluding carboxylic acids is 1. The minimum atomic E-state index is -0.406. The molecule has 1 aromatic carbocycles. The van der Waals surface area contributed by atoms with Crippen molar-refractivity contribution in [3.05, 3.63) is 29.6 Å². The standard InChI is InChI=1S/C11H14FNO2/c1-3-13(8-14)7-9-4-5-11(15-2)10(12)6-9/h4-6,8H,3,7H2,1-2H3. The maximum Gasteiger partial charge on any atom is 0.209 e. The molecule has 0 aliphatic carbocycles. The van der Waals surface area contributed by atoms with Gasteiger partial charge in [-0.2, -0.15) is 0 Å². The number of halogens is 1. The van der Waals surface area contributed by atoms with E-state index in [0.29, 0.717) is 13.1 Å². The Morgan fingerprint density at radius 2 is 2.27 bits per heavy atom. The van der Waals surface area contributed by atoms with Crippen LogP contribution in [-0.2, 0) is 11.3 Å². The SMILES string of the molecule is CCN(C=O)Cc1ccc(OC)c(F)c1. The molecule has 0 bridgehead atoms. The summed E-state index contributed by atoms with van der Waals surface area (Å²) in [6.07, 6.45) is 0.752. The molecule has 0 aromatic heterocycles. The van der Waals surface area contributed by atoms with Gasteiger partial charge in [0.25, 0.3) is 0 Å². The van der Waals surface area contributed by atoms with Crippen molar-refractivity contribution in [3.8, 4) is 5.75 Å². The van der Waals surface area contributed by atoms with Crippen LogP contribution in [0.25, 0.3) is 0 Å². The van der Waals surface area contributed by atoms with Gasteiger partial charge in [-0.3, -0.25) is 4.79 Å². The van der Waals surface area contributed by atoms with Crippen LogP contribution in [0.3, 0.4) is 0 Å². The fourth-order valence-electron chi connectivity index (χ4n) is 1.27. The van der Waals surface area contributed by atoms with Crippen LogP contribution in [0.5, 0.6) is 5.75 Å². The van der Waals surface area contributed by atoms with Gasteiger partial charge in [0.15, 0.2) is 11.6 Å². The second-order valence-electron chi connectivity index (χ2n) is 3.14. The van der Waals surface area contributed by atoms with Crippen LogP contribution in [0.1, 0.15) is 12.5 Å².